The van der Waals surface area contributed by atoms with Crippen LogP contribution in [0.15, 0.2) is 36.4 Å². The van der Waals surface area contributed by atoms with Crippen LogP contribution in [0.1, 0.15) is 27.0 Å². The first kappa shape index (κ1) is 15.9. The van der Waals surface area contributed by atoms with Crippen molar-refractivity contribution in [2.45, 2.75) is 20.3 Å². The molecular formula is C17H16N2O2S. The lowest BCUT2D eigenvalue weighted by Crippen LogP contribution is -2.28. The number of aryl methyl sites for hydroxylation is 2. The molecule has 2 aromatic rings. The van der Waals surface area contributed by atoms with Gasteiger partial charge in [0.15, 0.2) is 11.7 Å². The number of Topliss-reactive ketones (excluding diaryl/α,β-unsaturated/α-hetero) is 1. The highest BCUT2D eigenvalue weighted by Gasteiger charge is 2.29. The van der Waals surface area contributed by atoms with Crippen molar-refractivity contribution in [2.24, 2.45) is 5.92 Å². The van der Waals surface area contributed by atoms with E-state index in [9.17, 15) is 14.9 Å². The molecule has 0 fully saturated rings. The van der Waals surface area contributed by atoms with E-state index in [1.165, 1.54) is 11.3 Å². The number of ketones is 1. The smallest absolute Gasteiger partial charge is 0.249 e. The van der Waals surface area contributed by atoms with Crippen LogP contribution in [0.25, 0.3) is 0 Å². The third-order valence-electron chi connectivity index (χ3n) is 3.28. The zero-order chi connectivity index (χ0) is 16.1. The number of rotatable bonds is 5. The van der Waals surface area contributed by atoms with E-state index in [2.05, 4.69) is 5.32 Å². The van der Waals surface area contributed by atoms with Gasteiger partial charge >= 0.3 is 0 Å². The van der Waals surface area contributed by atoms with Gasteiger partial charge in [-0.25, -0.2) is 0 Å². The maximum atomic E-state index is 12.4. The number of benzene rings is 1. The zero-order valence-corrected chi connectivity index (χ0v) is 13.2. The van der Waals surface area contributed by atoms with E-state index in [0.29, 0.717) is 10.6 Å². The van der Waals surface area contributed by atoms with Gasteiger partial charge < -0.3 is 5.32 Å². The highest BCUT2D eigenvalue weighted by Crippen LogP contribution is 2.25. The summed E-state index contributed by atoms with van der Waals surface area (Å²) in [5, 5.41) is 11.8. The fourth-order valence-corrected chi connectivity index (χ4v) is 3.19. The summed E-state index contributed by atoms with van der Waals surface area (Å²) in [6.45, 7) is 3.94. The molecule has 0 aliphatic carbocycles. The molecule has 0 bridgehead atoms. The lowest BCUT2D eigenvalue weighted by Gasteiger charge is -2.08. The molecule has 1 N–H and O–H groups in total. The molecule has 0 unspecified atom stereocenters. The minimum Gasteiger partial charge on any atom is -0.325 e. The van der Waals surface area contributed by atoms with Crippen molar-refractivity contribution in [3.05, 3.63) is 51.7 Å². The molecular weight excluding hydrogens is 296 g/mol. The molecule has 0 radical (unpaired) electrons. The second-order valence-electron chi connectivity index (χ2n) is 4.85. The number of nitriles is 1. The first-order valence-corrected chi connectivity index (χ1v) is 7.77. The Hall–Kier alpha value is -2.45. The van der Waals surface area contributed by atoms with Gasteiger partial charge in [-0.05, 0) is 37.1 Å². The number of hydrogen-bond acceptors (Lipinski definition) is 4. The molecule has 0 aliphatic rings. The summed E-state index contributed by atoms with van der Waals surface area (Å²) in [4.78, 5) is 26.1. The number of amides is 1. The van der Waals surface area contributed by atoms with E-state index in [4.69, 9.17) is 0 Å². The molecule has 0 aliphatic heterocycles. The normalized spacial score (nSPS) is 11.5. The van der Waals surface area contributed by atoms with Crippen molar-refractivity contribution in [3.63, 3.8) is 0 Å². The van der Waals surface area contributed by atoms with Crippen LogP contribution in [-0.2, 0) is 11.2 Å². The fraction of sp³-hybridized carbons (Fsp3) is 0.235. The van der Waals surface area contributed by atoms with Gasteiger partial charge in [0.2, 0.25) is 5.91 Å². The number of anilines is 1. The molecule has 1 amide bonds. The Morgan fingerprint density at radius 2 is 2.00 bits per heavy atom. The van der Waals surface area contributed by atoms with Crippen LogP contribution in [0.2, 0.25) is 0 Å². The van der Waals surface area contributed by atoms with Gasteiger partial charge in [-0.2, -0.15) is 5.26 Å². The molecule has 1 aromatic heterocycles. The maximum absolute atomic E-state index is 12.4. The summed E-state index contributed by atoms with van der Waals surface area (Å²) >= 11 is 1.35. The van der Waals surface area contributed by atoms with E-state index < -0.39 is 17.6 Å². The molecule has 1 heterocycles. The summed E-state index contributed by atoms with van der Waals surface area (Å²) < 4.78 is 0. The highest BCUT2D eigenvalue weighted by atomic mass is 32.1. The molecule has 2 rings (SSSR count). The predicted octanol–water partition coefficient (Wildman–Crippen LogP) is 3.58. The number of carbonyl (C=O) groups excluding carboxylic acids is 2. The Bertz CT molecular complexity index is 729. The second kappa shape index (κ2) is 7.01. The quantitative estimate of drug-likeness (QED) is 0.677. The molecule has 5 heteroatoms. The predicted molar refractivity (Wildman–Crippen MR) is 86.9 cm³/mol. The monoisotopic (exact) mass is 312 g/mol. The Kier molecular flexibility index (Phi) is 5.08. The Morgan fingerprint density at radius 3 is 2.55 bits per heavy atom. The fourth-order valence-electron chi connectivity index (χ4n) is 2.11. The van der Waals surface area contributed by atoms with E-state index in [-0.39, 0.29) is 0 Å². The van der Waals surface area contributed by atoms with Crippen LogP contribution in [0.5, 0.6) is 0 Å². The molecule has 1 aromatic carbocycles. The topological polar surface area (TPSA) is 70.0 Å². The number of para-hydroxylation sites is 1. The van der Waals surface area contributed by atoms with Crippen molar-refractivity contribution in [3.8, 4) is 6.07 Å². The van der Waals surface area contributed by atoms with Gasteiger partial charge in [0.05, 0.1) is 10.9 Å². The van der Waals surface area contributed by atoms with Crippen molar-refractivity contribution < 1.29 is 9.59 Å². The summed E-state index contributed by atoms with van der Waals surface area (Å²) in [6, 6.07) is 12.4. The lowest BCUT2D eigenvalue weighted by atomic mass is 10.0. The largest absolute Gasteiger partial charge is 0.325 e. The van der Waals surface area contributed by atoms with Crippen LogP contribution in [0, 0.1) is 24.2 Å². The van der Waals surface area contributed by atoms with E-state index in [1.807, 2.05) is 26.0 Å². The third-order valence-corrected chi connectivity index (χ3v) is 4.68. The Morgan fingerprint density at radius 1 is 1.32 bits per heavy atom. The van der Waals surface area contributed by atoms with Gasteiger partial charge in [0.1, 0.15) is 0 Å². The maximum Gasteiger partial charge on any atom is 0.249 e. The lowest BCUT2D eigenvalue weighted by molar-refractivity contribution is -0.117. The second-order valence-corrected chi connectivity index (χ2v) is 5.99. The average molecular weight is 312 g/mol. The number of carbonyl (C=O) groups is 2. The molecule has 0 saturated carbocycles. The molecule has 1 atom stereocenters. The average Bonchev–Trinajstić information content (AvgIpc) is 2.90. The van der Waals surface area contributed by atoms with Gasteiger partial charge in [-0.1, -0.05) is 25.1 Å². The van der Waals surface area contributed by atoms with E-state index >= 15 is 0 Å². The third kappa shape index (κ3) is 3.41. The zero-order valence-electron chi connectivity index (χ0n) is 12.4. The van der Waals surface area contributed by atoms with Gasteiger partial charge in [-0.15, -0.1) is 11.3 Å². The van der Waals surface area contributed by atoms with Crippen LogP contribution < -0.4 is 5.32 Å². The Balaban J connectivity index is 2.18. The number of nitrogens with one attached hydrogen (secondary N) is 1. The SMILES string of the molecule is CCc1sc(C(=O)[C@@H](C#N)C(=O)Nc2ccccc2)cc1C. The minimum absolute atomic E-state index is 0.441. The molecule has 112 valence electrons. The molecule has 0 spiro atoms. The van der Waals surface area contributed by atoms with Crippen molar-refractivity contribution in [1.29, 1.82) is 5.26 Å². The molecule has 0 saturated heterocycles. The Labute approximate surface area is 133 Å². The van der Waals surface area contributed by atoms with Crippen LogP contribution in [-0.4, -0.2) is 11.7 Å². The molecule has 22 heavy (non-hydrogen) atoms. The van der Waals surface area contributed by atoms with Crippen molar-refractivity contribution in [1.82, 2.24) is 0 Å². The summed E-state index contributed by atoms with van der Waals surface area (Å²) in [5.74, 6) is -2.37. The minimum atomic E-state index is -1.33. The first-order valence-electron chi connectivity index (χ1n) is 6.95. The van der Waals surface area contributed by atoms with Gasteiger partial charge in [0, 0.05) is 10.6 Å². The van der Waals surface area contributed by atoms with Crippen LogP contribution in [0.3, 0.4) is 0 Å². The van der Waals surface area contributed by atoms with Crippen molar-refractivity contribution >= 4 is 28.7 Å². The number of thiophene rings is 1. The summed E-state index contributed by atoms with van der Waals surface area (Å²) in [5.41, 5.74) is 1.59. The van der Waals surface area contributed by atoms with Crippen LogP contribution in [0.4, 0.5) is 5.69 Å². The first-order chi connectivity index (χ1) is 10.6. The summed E-state index contributed by atoms with van der Waals surface area (Å²) in [6.07, 6.45) is 0.831. The standard InChI is InChI=1S/C17H16N2O2S/c1-3-14-11(2)9-15(22-14)16(20)13(10-18)17(21)19-12-7-5-4-6-8-12/h4-9,13H,3H2,1-2H3,(H,19,21)/t13-/m1/s1. The highest BCUT2D eigenvalue weighted by molar-refractivity contribution is 7.14. The van der Waals surface area contributed by atoms with Crippen LogP contribution >= 0.6 is 11.3 Å². The van der Waals surface area contributed by atoms with Gasteiger partial charge in [-0.3, -0.25) is 9.59 Å². The number of hydrogen-bond donors (Lipinski definition) is 1. The van der Waals surface area contributed by atoms with E-state index in [0.717, 1.165) is 16.9 Å². The number of nitrogens with zero attached hydrogens (tertiary/aromatic N) is 1. The summed E-state index contributed by atoms with van der Waals surface area (Å²) in [7, 11) is 0. The molecule has 4 nitrogen and oxygen atoms in total. The van der Waals surface area contributed by atoms with Crippen molar-refractivity contribution in [2.75, 3.05) is 5.32 Å². The van der Waals surface area contributed by atoms with E-state index in [1.54, 1.807) is 30.3 Å². The van der Waals surface area contributed by atoms with Gasteiger partial charge in [0.25, 0.3) is 0 Å².